The average molecular weight is 216 g/mol. The summed E-state index contributed by atoms with van der Waals surface area (Å²) in [6, 6.07) is 3.46. The quantitative estimate of drug-likeness (QED) is 0.683. The first-order chi connectivity index (χ1) is 6.47. The molecule has 0 amide bonds. The molecule has 5 nitrogen and oxygen atoms in total. The normalized spacial score (nSPS) is 11.4. The summed E-state index contributed by atoms with van der Waals surface area (Å²) in [7, 11) is 1.77. The molecule has 0 saturated heterocycles. The van der Waals surface area contributed by atoms with Gasteiger partial charge in [0.05, 0.1) is 0 Å². The lowest BCUT2D eigenvalue weighted by molar-refractivity contribution is -0.512. The fraction of sp³-hybridized carbons (Fsp3) is 0.375. The third-order valence-corrected chi connectivity index (χ3v) is 3.15. The van der Waals surface area contributed by atoms with Crippen LogP contribution in [0, 0.1) is 0 Å². The summed E-state index contributed by atoms with van der Waals surface area (Å²) in [5, 5.41) is 0. The molecule has 1 heterocycles. The van der Waals surface area contributed by atoms with Crippen LogP contribution in [0.5, 0.6) is 0 Å². The molecule has 14 heavy (non-hydrogen) atoms. The van der Waals surface area contributed by atoms with Crippen LogP contribution in [0.1, 0.15) is 0 Å². The van der Waals surface area contributed by atoms with Crippen LogP contribution in [0.2, 0.25) is 0 Å². The van der Waals surface area contributed by atoms with Gasteiger partial charge in [-0.1, -0.05) is 3.97 Å². The van der Waals surface area contributed by atoms with Crippen LogP contribution in [0.25, 0.3) is 0 Å². The second kappa shape index (κ2) is 3.93. The van der Waals surface area contributed by atoms with E-state index in [1.165, 1.54) is 19.4 Å². The van der Waals surface area contributed by atoms with Gasteiger partial charge in [0.2, 0.25) is 0 Å². The highest BCUT2D eigenvalue weighted by Crippen LogP contribution is 2.05. The van der Waals surface area contributed by atoms with E-state index in [9.17, 15) is 8.42 Å². The zero-order chi connectivity index (χ0) is 10.8. The van der Waals surface area contributed by atoms with E-state index in [2.05, 4.69) is 4.72 Å². The molecule has 0 radical (unpaired) electrons. The summed E-state index contributed by atoms with van der Waals surface area (Å²) < 4.78 is 26.0. The zero-order valence-electron chi connectivity index (χ0n) is 8.43. The Hall–Kier alpha value is -1.14. The Morgan fingerprint density at radius 3 is 2.14 bits per heavy atom. The van der Waals surface area contributed by atoms with Gasteiger partial charge in [-0.05, 0) is 0 Å². The lowest BCUT2D eigenvalue weighted by Crippen LogP contribution is -2.48. The molecular weight excluding hydrogens is 202 g/mol. The van der Waals surface area contributed by atoms with Crippen molar-refractivity contribution in [2.45, 2.75) is 0 Å². The lowest BCUT2D eigenvalue weighted by Gasteiger charge is -2.09. The van der Waals surface area contributed by atoms with Crippen LogP contribution in [-0.4, -0.2) is 29.6 Å². The van der Waals surface area contributed by atoms with E-state index in [4.69, 9.17) is 0 Å². The molecule has 1 N–H and O–H groups in total. The number of pyridine rings is 1. The average Bonchev–Trinajstić information content (AvgIpc) is 2.18. The van der Waals surface area contributed by atoms with Crippen molar-refractivity contribution in [1.82, 2.24) is 4.72 Å². The van der Waals surface area contributed by atoms with Gasteiger partial charge in [0.25, 0.3) is 0 Å². The molecule has 0 saturated carbocycles. The molecular formula is C8H14N3O2S+. The van der Waals surface area contributed by atoms with E-state index in [1.54, 1.807) is 12.1 Å². The fourth-order valence-electron chi connectivity index (χ4n) is 0.969. The van der Waals surface area contributed by atoms with Gasteiger partial charge >= 0.3 is 10.2 Å². The summed E-state index contributed by atoms with van der Waals surface area (Å²) in [6.45, 7) is 0. The third kappa shape index (κ3) is 2.21. The van der Waals surface area contributed by atoms with E-state index in [0.29, 0.717) is 0 Å². The topological polar surface area (TPSA) is 53.3 Å². The minimum absolute atomic E-state index is 0.951. The van der Waals surface area contributed by atoms with E-state index in [-0.39, 0.29) is 0 Å². The molecule has 0 fully saturated rings. The predicted octanol–water partition coefficient (Wildman–Crippen LogP) is -0.648. The van der Waals surface area contributed by atoms with Crippen molar-refractivity contribution < 1.29 is 12.4 Å². The first-order valence-electron chi connectivity index (χ1n) is 4.10. The molecule has 1 aromatic heterocycles. The van der Waals surface area contributed by atoms with Gasteiger partial charge in [-0.15, -0.1) is 8.42 Å². The van der Waals surface area contributed by atoms with Gasteiger partial charge in [-0.2, -0.15) is 4.72 Å². The minimum atomic E-state index is -3.39. The maximum Gasteiger partial charge on any atom is 0.444 e. The summed E-state index contributed by atoms with van der Waals surface area (Å²) in [5.74, 6) is 0. The zero-order valence-corrected chi connectivity index (χ0v) is 9.25. The van der Waals surface area contributed by atoms with E-state index in [0.717, 1.165) is 9.66 Å². The van der Waals surface area contributed by atoms with E-state index < -0.39 is 10.2 Å². The van der Waals surface area contributed by atoms with Crippen molar-refractivity contribution in [3.63, 3.8) is 0 Å². The Labute approximate surface area is 84.2 Å². The first-order valence-corrected chi connectivity index (χ1v) is 5.54. The smallest absolute Gasteiger partial charge is 0.377 e. The molecule has 0 aliphatic rings. The predicted molar refractivity (Wildman–Crippen MR) is 54.3 cm³/mol. The molecule has 0 aliphatic heterocycles. The number of rotatable bonds is 3. The van der Waals surface area contributed by atoms with Crippen molar-refractivity contribution in [2.24, 2.45) is 0 Å². The molecule has 0 bridgehead atoms. The van der Waals surface area contributed by atoms with Crippen LogP contribution >= 0.6 is 0 Å². The standard InChI is InChI=1S/C8H14N3O2S/c1-9-14(12,13)11-6-4-8(5-7-11)10(2)3/h4-7,9H,1-3H3/q+1. The van der Waals surface area contributed by atoms with Gasteiger partial charge < -0.3 is 4.90 Å². The second-order valence-electron chi connectivity index (χ2n) is 2.99. The van der Waals surface area contributed by atoms with Gasteiger partial charge in [-0.3, -0.25) is 0 Å². The van der Waals surface area contributed by atoms with Gasteiger partial charge in [0, 0.05) is 39.0 Å². The number of hydrogen-bond acceptors (Lipinski definition) is 3. The highest BCUT2D eigenvalue weighted by atomic mass is 32.2. The Morgan fingerprint density at radius 1 is 1.29 bits per heavy atom. The molecule has 1 aromatic rings. The van der Waals surface area contributed by atoms with Crippen LogP contribution in [0.15, 0.2) is 24.5 Å². The highest BCUT2D eigenvalue weighted by molar-refractivity contribution is 7.82. The van der Waals surface area contributed by atoms with E-state index in [1.807, 2.05) is 19.0 Å². The van der Waals surface area contributed by atoms with Crippen molar-refractivity contribution in [3.05, 3.63) is 24.5 Å². The van der Waals surface area contributed by atoms with Crippen molar-refractivity contribution in [1.29, 1.82) is 0 Å². The molecule has 78 valence electrons. The third-order valence-electron chi connectivity index (χ3n) is 1.84. The van der Waals surface area contributed by atoms with Crippen molar-refractivity contribution in [3.8, 4) is 0 Å². The largest absolute Gasteiger partial charge is 0.444 e. The van der Waals surface area contributed by atoms with E-state index >= 15 is 0 Å². The Kier molecular flexibility index (Phi) is 3.07. The molecule has 0 spiro atoms. The molecule has 0 unspecified atom stereocenters. The maximum atomic E-state index is 11.3. The lowest BCUT2D eigenvalue weighted by atomic mass is 10.4. The molecule has 6 heteroatoms. The number of nitrogens with one attached hydrogen (secondary N) is 1. The number of nitrogens with zero attached hydrogens (tertiary/aromatic N) is 2. The van der Waals surface area contributed by atoms with Gasteiger partial charge in [-0.25, -0.2) is 0 Å². The summed E-state index contributed by atoms with van der Waals surface area (Å²) in [5.41, 5.74) is 0.951. The fourth-order valence-corrected chi connectivity index (χ4v) is 1.62. The van der Waals surface area contributed by atoms with Gasteiger partial charge in [0.1, 0.15) is 0 Å². The highest BCUT2D eigenvalue weighted by Gasteiger charge is 2.17. The number of anilines is 1. The van der Waals surface area contributed by atoms with Gasteiger partial charge in [0.15, 0.2) is 12.4 Å². The Morgan fingerprint density at radius 2 is 1.79 bits per heavy atom. The summed E-state index contributed by atoms with van der Waals surface area (Å²) in [4.78, 5) is 1.90. The minimum Gasteiger partial charge on any atom is -0.377 e. The Bertz CT molecular complexity index is 397. The van der Waals surface area contributed by atoms with Crippen molar-refractivity contribution in [2.75, 3.05) is 26.0 Å². The molecule has 0 aliphatic carbocycles. The monoisotopic (exact) mass is 216 g/mol. The van der Waals surface area contributed by atoms with Crippen LogP contribution in [0.4, 0.5) is 5.69 Å². The van der Waals surface area contributed by atoms with Crippen molar-refractivity contribution >= 4 is 15.9 Å². The molecule has 1 rings (SSSR count). The summed E-state index contributed by atoms with van der Waals surface area (Å²) >= 11 is 0. The maximum absolute atomic E-state index is 11.3. The first kappa shape index (κ1) is 10.9. The van der Waals surface area contributed by atoms with Crippen LogP contribution < -0.4 is 13.6 Å². The number of aromatic nitrogens is 1. The number of hydrogen-bond donors (Lipinski definition) is 1. The molecule has 0 aromatic carbocycles. The second-order valence-corrected chi connectivity index (χ2v) is 4.77. The Balaban J connectivity index is 3.06. The summed E-state index contributed by atoms with van der Waals surface area (Å²) in [6.07, 6.45) is 3.00. The molecule has 0 atom stereocenters. The van der Waals surface area contributed by atoms with Crippen LogP contribution in [0.3, 0.4) is 0 Å². The SMILES string of the molecule is CNS(=O)(=O)[n+]1ccc(N(C)C)cc1. The van der Waals surface area contributed by atoms with Crippen LogP contribution in [-0.2, 0) is 10.2 Å².